The number of amides is 1. The van der Waals surface area contributed by atoms with Crippen LogP contribution in [0.2, 0.25) is 5.02 Å². The zero-order valence-corrected chi connectivity index (χ0v) is 16.0. The Morgan fingerprint density at radius 1 is 1.37 bits per heavy atom. The number of nitrogen functional groups attached to an aromatic ring is 1. The number of hydrogen-bond acceptors (Lipinski definition) is 7. The minimum absolute atomic E-state index is 0.0474. The van der Waals surface area contributed by atoms with Crippen molar-refractivity contribution >= 4 is 52.7 Å². The highest BCUT2D eigenvalue weighted by Crippen LogP contribution is 2.36. The summed E-state index contributed by atoms with van der Waals surface area (Å²) in [4.78, 5) is 19.9. The Labute approximate surface area is 165 Å². The lowest BCUT2D eigenvalue weighted by Gasteiger charge is -2.12. The lowest BCUT2D eigenvalue weighted by atomic mass is 10.2. The molecule has 1 aromatic carbocycles. The first-order valence-corrected chi connectivity index (χ1v) is 9.65. The maximum atomic E-state index is 12.9. The third kappa shape index (κ3) is 5.41. The molecule has 0 radical (unpaired) electrons. The van der Waals surface area contributed by atoms with Crippen molar-refractivity contribution in [2.75, 3.05) is 23.1 Å². The zero-order chi connectivity index (χ0) is 20.2. The average molecular weight is 434 g/mol. The van der Waals surface area contributed by atoms with Gasteiger partial charge in [-0.15, -0.1) is 11.8 Å². The van der Waals surface area contributed by atoms with Crippen LogP contribution in [-0.4, -0.2) is 27.9 Å². The number of carbonyl (C=O) groups excluding carboxylic acids is 1. The predicted octanol–water partition coefficient (Wildman–Crippen LogP) is 4.06. The topological polar surface area (TPSA) is 105 Å². The van der Waals surface area contributed by atoms with Gasteiger partial charge in [0.25, 0.3) is 0 Å². The van der Waals surface area contributed by atoms with E-state index in [4.69, 9.17) is 17.3 Å². The van der Waals surface area contributed by atoms with Crippen molar-refractivity contribution in [3.8, 4) is 6.07 Å². The van der Waals surface area contributed by atoms with Gasteiger partial charge < -0.3 is 11.1 Å². The van der Waals surface area contributed by atoms with Gasteiger partial charge in [-0.2, -0.15) is 18.4 Å². The first-order chi connectivity index (χ1) is 12.7. The number of nitriles is 1. The Bertz CT molecular complexity index is 918. The number of rotatable bonds is 5. The normalized spacial score (nSPS) is 11.1. The average Bonchev–Trinajstić information content (AvgIpc) is 2.60. The molecule has 1 heterocycles. The number of benzene rings is 1. The van der Waals surface area contributed by atoms with E-state index in [1.807, 2.05) is 6.07 Å². The number of alkyl halides is 3. The summed E-state index contributed by atoms with van der Waals surface area (Å²) in [7, 11) is 0. The number of nitrogens with zero attached hydrogens (tertiary/aromatic N) is 3. The van der Waals surface area contributed by atoms with Gasteiger partial charge >= 0.3 is 6.18 Å². The Kier molecular flexibility index (Phi) is 6.80. The van der Waals surface area contributed by atoms with Crippen LogP contribution in [0.4, 0.5) is 24.8 Å². The molecule has 0 atom stereocenters. The van der Waals surface area contributed by atoms with Crippen LogP contribution in [0.15, 0.2) is 28.3 Å². The number of carbonyl (C=O) groups is 1. The quantitative estimate of drug-likeness (QED) is 0.541. The molecule has 0 saturated heterocycles. The summed E-state index contributed by atoms with van der Waals surface area (Å²) in [6.45, 7) is 0. The van der Waals surface area contributed by atoms with E-state index in [0.29, 0.717) is 5.03 Å². The van der Waals surface area contributed by atoms with Crippen LogP contribution in [0.25, 0.3) is 0 Å². The van der Waals surface area contributed by atoms with E-state index < -0.39 is 22.7 Å². The van der Waals surface area contributed by atoms with Crippen LogP contribution in [0.5, 0.6) is 0 Å². The van der Waals surface area contributed by atoms with Gasteiger partial charge in [0.05, 0.1) is 16.3 Å². The summed E-state index contributed by atoms with van der Waals surface area (Å²) < 4.78 is 38.6. The Hall–Kier alpha value is -2.16. The van der Waals surface area contributed by atoms with Gasteiger partial charge in [0, 0.05) is 5.69 Å². The van der Waals surface area contributed by atoms with E-state index in [1.165, 1.54) is 17.8 Å². The molecule has 6 nitrogen and oxygen atoms in total. The maximum Gasteiger partial charge on any atom is 0.417 e. The lowest BCUT2D eigenvalue weighted by molar-refractivity contribution is -0.137. The van der Waals surface area contributed by atoms with E-state index in [0.717, 1.165) is 23.9 Å². The summed E-state index contributed by atoms with van der Waals surface area (Å²) in [5, 5.41) is 11.7. The second-order valence-electron chi connectivity index (χ2n) is 4.91. The molecule has 0 fully saturated rings. The molecule has 2 aromatic rings. The van der Waals surface area contributed by atoms with E-state index in [2.05, 4.69) is 15.3 Å². The van der Waals surface area contributed by atoms with Crippen molar-refractivity contribution in [2.45, 2.75) is 16.2 Å². The van der Waals surface area contributed by atoms with Gasteiger partial charge in [-0.25, -0.2) is 9.97 Å². The lowest BCUT2D eigenvalue weighted by Crippen LogP contribution is -2.15. The molecule has 0 unspecified atom stereocenters. The molecule has 0 aliphatic heterocycles. The molecule has 1 aromatic heterocycles. The van der Waals surface area contributed by atoms with Gasteiger partial charge in [-0.1, -0.05) is 23.4 Å². The zero-order valence-electron chi connectivity index (χ0n) is 13.6. The molecule has 0 aliphatic rings. The minimum Gasteiger partial charge on any atom is -0.368 e. The van der Waals surface area contributed by atoms with E-state index in [1.54, 1.807) is 6.26 Å². The summed E-state index contributed by atoms with van der Waals surface area (Å²) in [5.74, 6) is -0.820. The van der Waals surface area contributed by atoms with Crippen LogP contribution in [0, 0.1) is 11.3 Å². The molecule has 0 bridgehead atoms. The van der Waals surface area contributed by atoms with Crippen molar-refractivity contribution in [2.24, 2.45) is 0 Å². The first-order valence-electron chi connectivity index (χ1n) is 7.06. The van der Waals surface area contributed by atoms with Crippen molar-refractivity contribution < 1.29 is 18.0 Å². The second kappa shape index (κ2) is 8.69. The van der Waals surface area contributed by atoms with Gasteiger partial charge in [-0.05, 0) is 24.5 Å². The predicted molar refractivity (Wildman–Crippen MR) is 98.7 cm³/mol. The molecule has 142 valence electrons. The SMILES string of the molecule is CSc1nc(N)nc(SCC(=O)Nc2ccc(Cl)c(C(F)(F)F)c2)c1C#N. The fourth-order valence-electron chi connectivity index (χ4n) is 1.94. The molecule has 0 spiro atoms. The summed E-state index contributed by atoms with van der Waals surface area (Å²) in [6.07, 6.45) is -2.93. The van der Waals surface area contributed by atoms with Crippen LogP contribution in [0.3, 0.4) is 0 Å². The number of halogens is 4. The number of thioether (sulfide) groups is 2. The molecule has 3 N–H and O–H groups in total. The molecule has 1 amide bonds. The second-order valence-corrected chi connectivity index (χ2v) is 7.08. The van der Waals surface area contributed by atoms with Crippen molar-refractivity contribution in [3.63, 3.8) is 0 Å². The van der Waals surface area contributed by atoms with Crippen LogP contribution in [-0.2, 0) is 11.0 Å². The van der Waals surface area contributed by atoms with Crippen molar-refractivity contribution in [1.82, 2.24) is 9.97 Å². The highest BCUT2D eigenvalue weighted by atomic mass is 35.5. The molecule has 0 saturated carbocycles. The molecule has 2 rings (SSSR count). The largest absolute Gasteiger partial charge is 0.417 e. The smallest absolute Gasteiger partial charge is 0.368 e. The highest BCUT2D eigenvalue weighted by molar-refractivity contribution is 8.00. The standard InChI is InChI=1S/C15H11ClF3N5OS2/c1-26-12-8(5-20)13(24-14(21)23-12)27-6-11(25)22-7-2-3-10(16)9(4-7)15(17,18)19/h2-4H,6H2,1H3,(H,22,25)(H2,21,23,24). The van der Waals surface area contributed by atoms with Crippen LogP contribution < -0.4 is 11.1 Å². The van der Waals surface area contributed by atoms with Crippen molar-refractivity contribution in [3.05, 3.63) is 34.3 Å². The Balaban J connectivity index is 2.12. The number of aromatic nitrogens is 2. The molecule has 12 heteroatoms. The Morgan fingerprint density at radius 3 is 2.63 bits per heavy atom. The third-order valence-electron chi connectivity index (χ3n) is 3.06. The highest BCUT2D eigenvalue weighted by Gasteiger charge is 2.33. The van der Waals surface area contributed by atoms with Gasteiger partial charge in [0.2, 0.25) is 11.9 Å². The number of nitrogens with two attached hydrogens (primary N) is 1. The van der Waals surface area contributed by atoms with E-state index in [9.17, 15) is 23.2 Å². The maximum absolute atomic E-state index is 12.9. The fraction of sp³-hybridized carbons (Fsp3) is 0.200. The summed E-state index contributed by atoms with van der Waals surface area (Å²) >= 11 is 7.67. The minimum atomic E-state index is -4.64. The van der Waals surface area contributed by atoms with E-state index in [-0.39, 0.29) is 28.0 Å². The molecular weight excluding hydrogens is 423 g/mol. The monoisotopic (exact) mass is 433 g/mol. The first kappa shape index (κ1) is 21.1. The number of hydrogen-bond donors (Lipinski definition) is 2. The third-order valence-corrected chi connectivity index (χ3v) is 5.05. The summed E-state index contributed by atoms with van der Waals surface area (Å²) in [5.41, 5.74) is 4.67. The van der Waals surface area contributed by atoms with Gasteiger partial charge in [0.1, 0.15) is 21.7 Å². The van der Waals surface area contributed by atoms with Crippen molar-refractivity contribution in [1.29, 1.82) is 5.26 Å². The van der Waals surface area contributed by atoms with E-state index >= 15 is 0 Å². The van der Waals surface area contributed by atoms with Crippen LogP contribution in [0.1, 0.15) is 11.1 Å². The fourth-order valence-corrected chi connectivity index (χ4v) is 3.54. The molecule has 0 aliphatic carbocycles. The number of anilines is 2. The van der Waals surface area contributed by atoms with Gasteiger partial charge in [0.15, 0.2) is 0 Å². The van der Waals surface area contributed by atoms with Crippen LogP contribution >= 0.6 is 35.1 Å². The summed E-state index contributed by atoms with van der Waals surface area (Å²) in [6, 6.07) is 5.01. The van der Waals surface area contributed by atoms with Gasteiger partial charge in [-0.3, -0.25) is 4.79 Å². The number of nitrogens with one attached hydrogen (secondary N) is 1. The molecule has 27 heavy (non-hydrogen) atoms. The Morgan fingerprint density at radius 2 is 2.04 bits per heavy atom. The molecular formula is C15H11ClF3N5OS2.